The standard InChI is InChI=1S/C18H22ClN3O4S/c1-17(2,3)14-10-13(22-26-14)15-20-21-16(25-15)18(4,5)27(23,24)12-8-6-11(19)7-9-12/h6-10,23-24H,1-5H3. The molecule has 0 atom stereocenters. The monoisotopic (exact) mass is 411 g/mol. The van der Waals surface area contributed by atoms with Crippen molar-refractivity contribution in [2.75, 3.05) is 0 Å². The first kappa shape index (κ1) is 19.9. The molecule has 27 heavy (non-hydrogen) atoms. The summed E-state index contributed by atoms with van der Waals surface area (Å²) in [6, 6.07) is 8.09. The SMILES string of the molecule is CC(C)(C)c1cc(-c2nnc(C(C)(C)S(O)(O)c3ccc(Cl)cc3)o2)no1. The zero-order valence-corrected chi connectivity index (χ0v) is 17.3. The van der Waals surface area contributed by atoms with Gasteiger partial charge in [0.1, 0.15) is 10.5 Å². The molecule has 3 rings (SSSR count). The second-order valence-electron chi connectivity index (χ2n) is 7.75. The van der Waals surface area contributed by atoms with Crippen molar-refractivity contribution in [3.8, 4) is 11.6 Å². The van der Waals surface area contributed by atoms with Crippen molar-refractivity contribution in [1.29, 1.82) is 0 Å². The van der Waals surface area contributed by atoms with Gasteiger partial charge in [0.15, 0.2) is 5.69 Å². The van der Waals surface area contributed by atoms with Crippen molar-refractivity contribution >= 4 is 22.2 Å². The number of hydrogen-bond donors (Lipinski definition) is 2. The largest absolute Gasteiger partial charge is 0.417 e. The van der Waals surface area contributed by atoms with Crippen LogP contribution in [0.15, 0.2) is 44.2 Å². The molecule has 7 nitrogen and oxygen atoms in total. The molecule has 0 aliphatic carbocycles. The van der Waals surface area contributed by atoms with Gasteiger partial charge in [-0.15, -0.1) is 10.2 Å². The molecular weight excluding hydrogens is 390 g/mol. The summed E-state index contributed by atoms with van der Waals surface area (Å²) in [6.07, 6.45) is 0. The number of hydrogen-bond acceptors (Lipinski definition) is 7. The molecule has 0 spiro atoms. The van der Waals surface area contributed by atoms with Crippen LogP contribution >= 0.6 is 22.2 Å². The summed E-state index contributed by atoms with van der Waals surface area (Å²) in [6.45, 7) is 9.28. The van der Waals surface area contributed by atoms with Crippen molar-refractivity contribution in [2.24, 2.45) is 0 Å². The topological polar surface area (TPSA) is 105 Å². The summed E-state index contributed by atoms with van der Waals surface area (Å²) in [4.78, 5) is 0.341. The first-order valence-corrected chi connectivity index (χ1v) is 10.2. The average molecular weight is 412 g/mol. The molecule has 0 fully saturated rings. The third-order valence-electron chi connectivity index (χ3n) is 4.26. The molecule has 9 heteroatoms. The molecule has 2 aromatic heterocycles. The van der Waals surface area contributed by atoms with E-state index in [1.165, 1.54) is 0 Å². The van der Waals surface area contributed by atoms with Crippen LogP contribution in [0.5, 0.6) is 0 Å². The van der Waals surface area contributed by atoms with E-state index in [2.05, 4.69) is 15.4 Å². The Kier molecular flexibility index (Phi) is 4.88. The Morgan fingerprint density at radius 1 is 1.00 bits per heavy atom. The molecular formula is C18H22ClN3O4S. The minimum atomic E-state index is -3.29. The second kappa shape index (κ2) is 6.63. The van der Waals surface area contributed by atoms with Gasteiger partial charge in [0.2, 0.25) is 5.89 Å². The zero-order chi connectivity index (χ0) is 20.0. The first-order chi connectivity index (χ1) is 12.4. The Morgan fingerprint density at radius 2 is 1.63 bits per heavy atom. The van der Waals surface area contributed by atoms with Gasteiger partial charge in [0.05, 0.1) is 4.90 Å². The van der Waals surface area contributed by atoms with E-state index < -0.39 is 15.3 Å². The number of benzene rings is 1. The molecule has 3 aromatic rings. The van der Waals surface area contributed by atoms with Gasteiger partial charge in [-0.1, -0.05) is 37.5 Å². The van der Waals surface area contributed by atoms with Crippen LogP contribution in [0.2, 0.25) is 5.02 Å². The maximum atomic E-state index is 10.9. The van der Waals surface area contributed by atoms with Crippen molar-refractivity contribution < 1.29 is 18.0 Å². The quantitative estimate of drug-likeness (QED) is 0.565. The van der Waals surface area contributed by atoms with Crippen LogP contribution in [0, 0.1) is 0 Å². The normalized spacial score (nSPS) is 13.8. The molecule has 0 aliphatic rings. The Labute approximate surface area is 164 Å². The highest BCUT2D eigenvalue weighted by molar-refractivity contribution is 8.25. The van der Waals surface area contributed by atoms with Crippen molar-refractivity contribution in [1.82, 2.24) is 15.4 Å². The number of nitrogens with zero attached hydrogens (tertiary/aromatic N) is 3. The van der Waals surface area contributed by atoms with Crippen LogP contribution in [0.1, 0.15) is 46.3 Å². The van der Waals surface area contributed by atoms with Crippen LogP contribution in [-0.4, -0.2) is 24.5 Å². The zero-order valence-electron chi connectivity index (χ0n) is 15.7. The fourth-order valence-electron chi connectivity index (χ4n) is 2.34. The number of aromatic nitrogens is 3. The lowest BCUT2D eigenvalue weighted by molar-refractivity contribution is 0.329. The minimum Gasteiger partial charge on any atom is -0.417 e. The number of rotatable bonds is 4. The molecule has 0 saturated carbocycles. The summed E-state index contributed by atoms with van der Waals surface area (Å²) in [5, 5.41) is 12.5. The Balaban J connectivity index is 1.94. The first-order valence-electron chi connectivity index (χ1n) is 8.28. The summed E-state index contributed by atoms with van der Waals surface area (Å²) >= 11 is 5.89. The van der Waals surface area contributed by atoms with Crippen molar-refractivity contribution in [3.05, 3.63) is 47.0 Å². The molecule has 146 valence electrons. The van der Waals surface area contributed by atoms with E-state index in [9.17, 15) is 9.11 Å². The van der Waals surface area contributed by atoms with Crippen LogP contribution < -0.4 is 0 Å². The van der Waals surface area contributed by atoms with Crippen molar-refractivity contribution in [3.63, 3.8) is 0 Å². The lowest BCUT2D eigenvalue weighted by Crippen LogP contribution is -2.26. The third kappa shape index (κ3) is 3.62. The molecule has 2 N–H and O–H groups in total. The Morgan fingerprint density at radius 3 is 2.19 bits per heavy atom. The molecule has 0 unspecified atom stereocenters. The Hall–Kier alpha value is -1.87. The smallest absolute Gasteiger partial charge is 0.269 e. The van der Waals surface area contributed by atoms with Gasteiger partial charge in [-0.25, -0.2) is 0 Å². The summed E-state index contributed by atoms with van der Waals surface area (Å²) in [5.41, 5.74) is 0.190. The van der Waals surface area contributed by atoms with Gasteiger partial charge in [0.25, 0.3) is 5.89 Å². The van der Waals surface area contributed by atoms with E-state index in [1.807, 2.05) is 20.8 Å². The van der Waals surface area contributed by atoms with Gasteiger partial charge < -0.3 is 8.94 Å². The maximum absolute atomic E-state index is 10.9. The minimum absolute atomic E-state index is 0.0905. The summed E-state index contributed by atoms with van der Waals surface area (Å²) in [5.74, 6) is 0.929. The summed E-state index contributed by atoms with van der Waals surface area (Å²) < 4.78 is 31.6. The predicted octanol–water partition coefficient (Wildman–Crippen LogP) is 5.72. The van der Waals surface area contributed by atoms with E-state index in [0.29, 0.717) is 21.4 Å². The van der Waals surface area contributed by atoms with Crippen LogP contribution in [0.4, 0.5) is 0 Å². The molecule has 2 heterocycles. The highest BCUT2D eigenvalue weighted by Gasteiger charge is 2.42. The lowest BCUT2D eigenvalue weighted by Gasteiger charge is -2.44. The van der Waals surface area contributed by atoms with E-state index in [4.69, 9.17) is 20.5 Å². The van der Waals surface area contributed by atoms with E-state index in [1.54, 1.807) is 44.2 Å². The fourth-order valence-corrected chi connectivity index (χ4v) is 3.90. The molecule has 0 amide bonds. The van der Waals surface area contributed by atoms with Crippen LogP contribution in [0.25, 0.3) is 11.6 Å². The highest BCUT2D eigenvalue weighted by atomic mass is 35.5. The van der Waals surface area contributed by atoms with E-state index in [-0.39, 0.29) is 17.2 Å². The van der Waals surface area contributed by atoms with Gasteiger partial charge >= 0.3 is 0 Å². The summed E-state index contributed by atoms with van der Waals surface area (Å²) in [7, 11) is -3.29. The molecule has 1 aromatic carbocycles. The van der Waals surface area contributed by atoms with Crippen LogP contribution in [0.3, 0.4) is 0 Å². The van der Waals surface area contributed by atoms with E-state index >= 15 is 0 Å². The van der Waals surface area contributed by atoms with Crippen molar-refractivity contribution in [2.45, 2.75) is 49.7 Å². The maximum Gasteiger partial charge on any atom is 0.269 e. The predicted molar refractivity (Wildman–Crippen MR) is 104 cm³/mol. The lowest BCUT2D eigenvalue weighted by atomic mass is 9.93. The van der Waals surface area contributed by atoms with Gasteiger partial charge in [-0.2, -0.15) is 10.6 Å². The van der Waals surface area contributed by atoms with E-state index in [0.717, 1.165) is 0 Å². The average Bonchev–Trinajstić information content (AvgIpc) is 3.24. The molecule has 0 radical (unpaired) electrons. The molecule has 0 saturated heterocycles. The van der Waals surface area contributed by atoms with Gasteiger partial charge in [-0.3, -0.25) is 9.11 Å². The fraction of sp³-hybridized carbons (Fsp3) is 0.389. The van der Waals surface area contributed by atoms with Crippen LogP contribution in [-0.2, 0) is 10.2 Å². The van der Waals surface area contributed by atoms with Gasteiger partial charge in [0, 0.05) is 16.5 Å². The molecule has 0 bridgehead atoms. The van der Waals surface area contributed by atoms with Gasteiger partial charge in [-0.05, 0) is 38.1 Å². The third-order valence-corrected chi connectivity index (χ3v) is 7.04. The Bertz CT molecular complexity index is 942. The molecule has 0 aliphatic heterocycles. The number of halogens is 1. The second-order valence-corrected chi connectivity index (χ2v) is 10.8. The highest BCUT2D eigenvalue weighted by Crippen LogP contribution is 2.63.